The number of hydrogen-bond acceptors (Lipinski definition) is 3. The first-order valence-corrected chi connectivity index (χ1v) is 6.01. The van der Waals surface area contributed by atoms with Crippen LogP contribution in [0.5, 0.6) is 0 Å². The lowest BCUT2D eigenvalue weighted by atomic mass is 9.89. The Hall–Kier alpha value is -1.13. The molecule has 0 saturated carbocycles. The van der Waals surface area contributed by atoms with E-state index in [0.29, 0.717) is 31.3 Å². The van der Waals surface area contributed by atoms with Crippen molar-refractivity contribution in [3.8, 4) is 0 Å². The number of carbonyl (C=O) groups is 1. The van der Waals surface area contributed by atoms with Crippen LogP contribution in [0.25, 0.3) is 0 Å². The summed E-state index contributed by atoms with van der Waals surface area (Å²) in [6.07, 6.45) is 4.01. The molecule has 0 aromatic carbocycles. The van der Waals surface area contributed by atoms with Crippen molar-refractivity contribution >= 4 is 18.3 Å². The Balaban J connectivity index is 0.00000289. The number of amides is 1. The summed E-state index contributed by atoms with van der Waals surface area (Å²) < 4.78 is 0. The maximum atomic E-state index is 11.4. The SMILES string of the molecule is CC(C)C(CNC(=O)CCN)c1cccnc1.Cl. The molecule has 0 spiro atoms. The number of rotatable bonds is 6. The van der Waals surface area contributed by atoms with E-state index in [0.717, 1.165) is 5.56 Å². The van der Waals surface area contributed by atoms with Gasteiger partial charge < -0.3 is 11.1 Å². The van der Waals surface area contributed by atoms with E-state index in [2.05, 4.69) is 24.1 Å². The minimum atomic E-state index is 0. The van der Waals surface area contributed by atoms with Gasteiger partial charge in [-0.3, -0.25) is 9.78 Å². The van der Waals surface area contributed by atoms with Gasteiger partial charge in [-0.15, -0.1) is 12.4 Å². The number of hydrogen-bond donors (Lipinski definition) is 2. The molecule has 1 aromatic rings. The fraction of sp³-hybridized carbons (Fsp3) is 0.538. The molecular formula is C13H22ClN3O. The third-order valence-electron chi connectivity index (χ3n) is 2.81. The van der Waals surface area contributed by atoms with Crippen molar-refractivity contribution in [2.45, 2.75) is 26.2 Å². The number of pyridine rings is 1. The normalized spacial score (nSPS) is 11.8. The quantitative estimate of drug-likeness (QED) is 0.828. The van der Waals surface area contributed by atoms with Crippen LogP contribution >= 0.6 is 12.4 Å². The Kier molecular flexibility index (Phi) is 8.33. The van der Waals surface area contributed by atoms with Crippen LogP contribution in [0.4, 0.5) is 0 Å². The molecule has 1 heterocycles. The summed E-state index contributed by atoms with van der Waals surface area (Å²) in [5.41, 5.74) is 6.50. The highest BCUT2D eigenvalue weighted by Crippen LogP contribution is 2.22. The van der Waals surface area contributed by atoms with Crippen LogP contribution in [0.1, 0.15) is 31.7 Å². The van der Waals surface area contributed by atoms with Crippen molar-refractivity contribution in [3.63, 3.8) is 0 Å². The summed E-state index contributed by atoms with van der Waals surface area (Å²) in [7, 11) is 0. The molecule has 3 N–H and O–H groups in total. The number of nitrogens with one attached hydrogen (secondary N) is 1. The van der Waals surface area contributed by atoms with Gasteiger partial charge in [0.2, 0.25) is 5.91 Å². The average Bonchev–Trinajstić information content (AvgIpc) is 2.30. The summed E-state index contributed by atoms with van der Waals surface area (Å²) in [6.45, 7) is 5.33. The van der Waals surface area contributed by atoms with Crippen LogP contribution in [-0.4, -0.2) is 24.0 Å². The molecular weight excluding hydrogens is 250 g/mol. The van der Waals surface area contributed by atoms with Crippen LogP contribution in [0.2, 0.25) is 0 Å². The van der Waals surface area contributed by atoms with E-state index in [4.69, 9.17) is 5.73 Å². The highest BCUT2D eigenvalue weighted by molar-refractivity contribution is 5.85. The number of aromatic nitrogens is 1. The Morgan fingerprint density at radius 3 is 2.72 bits per heavy atom. The van der Waals surface area contributed by atoms with Crippen LogP contribution in [0.15, 0.2) is 24.5 Å². The van der Waals surface area contributed by atoms with Gasteiger partial charge in [-0.05, 0) is 17.5 Å². The van der Waals surface area contributed by atoms with E-state index in [-0.39, 0.29) is 18.3 Å². The van der Waals surface area contributed by atoms with E-state index >= 15 is 0 Å². The van der Waals surface area contributed by atoms with Crippen LogP contribution < -0.4 is 11.1 Å². The topological polar surface area (TPSA) is 68.0 Å². The number of halogens is 1. The summed E-state index contributed by atoms with van der Waals surface area (Å²) >= 11 is 0. The van der Waals surface area contributed by atoms with E-state index in [1.807, 2.05) is 18.3 Å². The zero-order chi connectivity index (χ0) is 12.7. The minimum Gasteiger partial charge on any atom is -0.355 e. The van der Waals surface area contributed by atoms with Crippen LogP contribution in [0.3, 0.4) is 0 Å². The number of nitrogens with two attached hydrogens (primary N) is 1. The maximum absolute atomic E-state index is 11.4. The monoisotopic (exact) mass is 271 g/mol. The molecule has 1 aromatic heterocycles. The molecule has 0 aliphatic carbocycles. The standard InChI is InChI=1S/C13H21N3O.ClH/c1-10(2)12(9-16-13(17)5-6-14)11-4-3-7-15-8-11;/h3-4,7-8,10,12H,5-6,9,14H2,1-2H3,(H,16,17);1H. The maximum Gasteiger partial charge on any atom is 0.221 e. The molecule has 0 saturated heterocycles. The van der Waals surface area contributed by atoms with Crippen molar-refractivity contribution in [1.29, 1.82) is 0 Å². The van der Waals surface area contributed by atoms with Gasteiger partial charge in [0.15, 0.2) is 0 Å². The van der Waals surface area contributed by atoms with Gasteiger partial charge in [-0.1, -0.05) is 19.9 Å². The first-order chi connectivity index (χ1) is 8.15. The van der Waals surface area contributed by atoms with Crippen LogP contribution in [-0.2, 0) is 4.79 Å². The number of nitrogens with zero attached hydrogens (tertiary/aromatic N) is 1. The largest absolute Gasteiger partial charge is 0.355 e. The van der Waals surface area contributed by atoms with Gasteiger partial charge in [-0.2, -0.15) is 0 Å². The molecule has 0 aliphatic heterocycles. The smallest absolute Gasteiger partial charge is 0.221 e. The molecule has 0 bridgehead atoms. The highest BCUT2D eigenvalue weighted by Gasteiger charge is 2.16. The number of carbonyl (C=O) groups excluding carboxylic acids is 1. The summed E-state index contributed by atoms with van der Waals surface area (Å²) in [6, 6.07) is 3.97. The molecule has 18 heavy (non-hydrogen) atoms. The Morgan fingerprint density at radius 1 is 1.50 bits per heavy atom. The molecule has 1 atom stereocenters. The predicted octanol–water partition coefficient (Wildman–Crippen LogP) is 1.71. The Morgan fingerprint density at radius 2 is 2.22 bits per heavy atom. The van der Waals surface area contributed by atoms with Crippen molar-refractivity contribution in [2.75, 3.05) is 13.1 Å². The lowest BCUT2D eigenvalue weighted by Crippen LogP contribution is -2.31. The van der Waals surface area contributed by atoms with Gasteiger partial charge in [0.1, 0.15) is 0 Å². The molecule has 1 amide bonds. The van der Waals surface area contributed by atoms with E-state index in [9.17, 15) is 4.79 Å². The molecule has 1 unspecified atom stereocenters. The van der Waals surface area contributed by atoms with Crippen molar-refractivity contribution in [2.24, 2.45) is 11.7 Å². The molecule has 0 radical (unpaired) electrons. The van der Waals surface area contributed by atoms with Crippen molar-refractivity contribution in [1.82, 2.24) is 10.3 Å². The third-order valence-corrected chi connectivity index (χ3v) is 2.81. The van der Waals surface area contributed by atoms with E-state index in [1.165, 1.54) is 0 Å². The third kappa shape index (κ3) is 5.47. The van der Waals surface area contributed by atoms with Gasteiger partial charge in [-0.25, -0.2) is 0 Å². The molecule has 0 aliphatic rings. The van der Waals surface area contributed by atoms with Gasteiger partial charge in [0, 0.05) is 37.8 Å². The van der Waals surface area contributed by atoms with E-state index < -0.39 is 0 Å². The van der Waals surface area contributed by atoms with Gasteiger partial charge in [0.05, 0.1) is 0 Å². The summed E-state index contributed by atoms with van der Waals surface area (Å²) in [4.78, 5) is 15.5. The zero-order valence-corrected chi connectivity index (χ0v) is 11.7. The summed E-state index contributed by atoms with van der Waals surface area (Å²) in [5.74, 6) is 0.768. The lowest BCUT2D eigenvalue weighted by molar-refractivity contribution is -0.121. The Labute approximate surface area is 115 Å². The predicted molar refractivity (Wildman–Crippen MR) is 75.7 cm³/mol. The van der Waals surface area contributed by atoms with Crippen molar-refractivity contribution in [3.05, 3.63) is 30.1 Å². The first-order valence-electron chi connectivity index (χ1n) is 6.01. The molecule has 4 nitrogen and oxygen atoms in total. The second-order valence-electron chi connectivity index (χ2n) is 4.48. The average molecular weight is 272 g/mol. The second-order valence-corrected chi connectivity index (χ2v) is 4.48. The van der Waals surface area contributed by atoms with Crippen molar-refractivity contribution < 1.29 is 4.79 Å². The highest BCUT2D eigenvalue weighted by atomic mass is 35.5. The molecule has 102 valence electrons. The van der Waals surface area contributed by atoms with Crippen LogP contribution in [0, 0.1) is 5.92 Å². The summed E-state index contributed by atoms with van der Waals surface area (Å²) in [5, 5.41) is 2.92. The minimum absolute atomic E-state index is 0. The first kappa shape index (κ1) is 16.9. The fourth-order valence-corrected chi connectivity index (χ4v) is 1.78. The lowest BCUT2D eigenvalue weighted by Gasteiger charge is -2.21. The molecule has 1 rings (SSSR count). The molecule has 0 fully saturated rings. The van der Waals surface area contributed by atoms with Gasteiger partial charge >= 0.3 is 0 Å². The van der Waals surface area contributed by atoms with E-state index in [1.54, 1.807) is 6.20 Å². The second kappa shape index (κ2) is 8.89. The Bertz CT molecular complexity index is 343. The fourth-order valence-electron chi connectivity index (χ4n) is 1.78. The van der Waals surface area contributed by atoms with Gasteiger partial charge in [0.25, 0.3) is 0 Å². The molecule has 5 heteroatoms. The zero-order valence-electron chi connectivity index (χ0n) is 10.9.